The lowest BCUT2D eigenvalue weighted by molar-refractivity contribution is 0.0994. The van der Waals surface area contributed by atoms with Gasteiger partial charge in [-0.3, -0.25) is 4.79 Å². The van der Waals surface area contributed by atoms with Crippen molar-refractivity contribution < 1.29 is 4.79 Å². The van der Waals surface area contributed by atoms with Gasteiger partial charge in [-0.1, -0.05) is 11.6 Å². The lowest BCUT2D eigenvalue weighted by Gasteiger charge is -2.01. The Labute approximate surface area is 101 Å². The smallest absolute Gasteiger partial charge is 0.179 e. The number of ketones is 1. The van der Waals surface area contributed by atoms with Crippen LogP contribution >= 0.6 is 0 Å². The number of rotatable bonds is 3. The van der Waals surface area contributed by atoms with Gasteiger partial charge < -0.3 is 9.88 Å². The van der Waals surface area contributed by atoms with Crippen LogP contribution in [0.3, 0.4) is 0 Å². The molecule has 90 valence electrons. The van der Waals surface area contributed by atoms with Gasteiger partial charge in [0.2, 0.25) is 0 Å². The first-order valence-corrected chi connectivity index (χ1v) is 5.79. The molecule has 0 aliphatic rings. The van der Waals surface area contributed by atoms with Gasteiger partial charge in [-0.15, -0.1) is 0 Å². The van der Waals surface area contributed by atoms with E-state index in [2.05, 4.69) is 28.1 Å². The Bertz CT molecular complexity index is 581. The lowest BCUT2D eigenvalue weighted by atomic mass is 10.0. The lowest BCUT2D eigenvalue weighted by Crippen LogP contribution is -2.19. The summed E-state index contributed by atoms with van der Waals surface area (Å²) in [5.74, 6) is 0.154. The van der Waals surface area contributed by atoms with Crippen LogP contribution < -0.4 is 5.32 Å². The Morgan fingerprint density at radius 2 is 2.06 bits per heavy atom. The monoisotopic (exact) mass is 230 g/mol. The molecule has 2 rings (SSSR count). The molecular formula is C14H18N2O. The molecule has 0 fully saturated rings. The number of fused-ring (bicyclic) bond motifs is 1. The molecule has 0 aliphatic heterocycles. The first-order valence-electron chi connectivity index (χ1n) is 5.79. The number of nitrogens with zero attached hydrogens (tertiary/aromatic N) is 1. The number of aromatic nitrogens is 1. The van der Waals surface area contributed by atoms with Gasteiger partial charge in [-0.25, -0.2) is 0 Å². The molecule has 2 aromatic rings. The average molecular weight is 230 g/mol. The van der Waals surface area contributed by atoms with Crippen molar-refractivity contribution >= 4 is 16.7 Å². The summed E-state index contributed by atoms with van der Waals surface area (Å²) < 4.78 is 2.08. The summed E-state index contributed by atoms with van der Waals surface area (Å²) in [6, 6.07) is 6.24. The minimum Gasteiger partial charge on any atom is -0.347 e. The molecule has 0 saturated heterocycles. The zero-order valence-corrected chi connectivity index (χ0v) is 10.8. The Morgan fingerprint density at radius 1 is 1.35 bits per heavy atom. The van der Waals surface area contributed by atoms with E-state index in [1.165, 1.54) is 5.56 Å². The molecule has 0 atom stereocenters. The van der Waals surface area contributed by atoms with Gasteiger partial charge in [0.1, 0.15) is 0 Å². The first kappa shape index (κ1) is 11.9. The fourth-order valence-electron chi connectivity index (χ4n) is 2.29. The predicted molar refractivity (Wildman–Crippen MR) is 70.7 cm³/mol. The third-order valence-electron chi connectivity index (χ3n) is 3.26. The molecule has 17 heavy (non-hydrogen) atoms. The molecule has 1 N–H and O–H groups in total. The van der Waals surface area contributed by atoms with E-state index in [4.69, 9.17) is 0 Å². The topological polar surface area (TPSA) is 34.0 Å². The van der Waals surface area contributed by atoms with Crippen molar-refractivity contribution in [2.45, 2.75) is 13.8 Å². The highest BCUT2D eigenvalue weighted by molar-refractivity contribution is 6.10. The number of hydrogen-bond donors (Lipinski definition) is 1. The van der Waals surface area contributed by atoms with Gasteiger partial charge in [-0.05, 0) is 33.0 Å². The van der Waals surface area contributed by atoms with Crippen LogP contribution in [0.2, 0.25) is 0 Å². The van der Waals surface area contributed by atoms with E-state index in [-0.39, 0.29) is 5.78 Å². The van der Waals surface area contributed by atoms with Crippen molar-refractivity contribution in [3.8, 4) is 0 Å². The highest BCUT2D eigenvalue weighted by atomic mass is 16.1. The number of aryl methyl sites for hydroxylation is 2. The van der Waals surface area contributed by atoms with Crippen molar-refractivity contribution in [2.75, 3.05) is 13.6 Å². The Morgan fingerprint density at radius 3 is 2.71 bits per heavy atom. The van der Waals surface area contributed by atoms with E-state index in [9.17, 15) is 4.79 Å². The molecule has 0 unspecified atom stereocenters. The SMILES string of the molecule is CNCC(=O)c1c(C)n(C)c2ccc(C)cc12. The van der Waals surface area contributed by atoms with Gasteiger partial charge in [0.15, 0.2) is 5.78 Å². The summed E-state index contributed by atoms with van der Waals surface area (Å²) in [6.07, 6.45) is 0. The highest BCUT2D eigenvalue weighted by Crippen LogP contribution is 2.26. The van der Waals surface area contributed by atoms with Gasteiger partial charge >= 0.3 is 0 Å². The van der Waals surface area contributed by atoms with Crippen molar-refractivity contribution in [1.82, 2.24) is 9.88 Å². The van der Waals surface area contributed by atoms with Crippen LogP contribution in [0.4, 0.5) is 0 Å². The standard InChI is InChI=1S/C14H18N2O/c1-9-5-6-12-11(7-9)14(10(2)16(12)4)13(17)8-15-3/h5-7,15H,8H2,1-4H3. The molecule has 0 bridgehead atoms. The number of nitrogens with one attached hydrogen (secondary N) is 1. The molecule has 0 amide bonds. The molecule has 1 heterocycles. The second-order valence-electron chi connectivity index (χ2n) is 4.49. The molecule has 3 heteroatoms. The number of Topliss-reactive ketones (excluding diaryl/α,β-unsaturated/α-hetero) is 1. The van der Waals surface area contributed by atoms with E-state index in [1.54, 1.807) is 7.05 Å². The second kappa shape index (κ2) is 4.34. The van der Waals surface area contributed by atoms with E-state index >= 15 is 0 Å². The Hall–Kier alpha value is -1.61. The van der Waals surface area contributed by atoms with Gasteiger partial charge in [0, 0.05) is 29.2 Å². The molecule has 0 saturated carbocycles. The maximum absolute atomic E-state index is 12.1. The van der Waals surface area contributed by atoms with Crippen LogP contribution in [0, 0.1) is 13.8 Å². The fraction of sp³-hybridized carbons (Fsp3) is 0.357. The van der Waals surface area contributed by atoms with Crippen molar-refractivity contribution in [2.24, 2.45) is 7.05 Å². The summed E-state index contributed by atoms with van der Waals surface area (Å²) in [6.45, 7) is 4.43. The Balaban J connectivity index is 2.72. The summed E-state index contributed by atoms with van der Waals surface area (Å²) >= 11 is 0. The van der Waals surface area contributed by atoms with Gasteiger partial charge in [0.25, 0.3) is 0 Å². The molecule has 0 spiro atoms. The number of carbonyl (C=O) groups is 1. The highest BCUT2D eigenvalue weighted by Gasteiger charge is 2.17. The van der Waals surface area contributed by atoms with Crippen molar-refractivity contribution in [3.63, 3.8) is 0 Å². The van der Waals surface area contributed by atoms with Crippen molar-refractivity contribution in [1.29, 1.82) is 0 Å². The van der Waals surface area contributed by atoms with Crippen LogP contribution in [-0.4, -0.2) is 23.9 Å². The molecule has 1 aromatic heterocycles. The second-order valence-corrected chi connectivity index (χ2v) is 4.49. The predicted octanol–water partition coefficient (Wildman–Crippen LogP) is 2.20. The minimum atomic E-state index is 0.154. The molecule has 0 aliphatic carbocycles. The van der Waals surface area contributed by atoms with Crippen LogP contribution in [0.25, 0.3) is 10.9 Å². The minimum absolute atomic E-state index is 0.154. The number of likely N-dealkylation sites (N-methyl/N-ethyl adjacent to an activating group) is 1. The average Bonchev–Trinajstić information content (AvgIpc) is 2.51. The zero-order valence-electron chi connectivity index (χ0n) is 10.8. The zero-order chi connectivity index (χ0) is 12.6. The van der Waals surface area contributed by atoms with Crippen LogP contribution in [-0.2, 0) is 7.05 Å². The van der Waals surface area contributed by atoms with E-state index < -0.39 is 0 Å². The molecular weight excluding hydrogens is 212 g/mol. The van der Waals surface area contributed by atoms with Crippen molar-refractivity contribution in [3.05, 3.63) is 35.0 Å². The fourth-order valence-corrected chi connectivity index (χ4v) is 2.29. The van der Waals surface area contributed by atoms with Gasteiger partial charge in [-0.2, -0.15) is 0 Å². The molecule has 0 radical (unpaired) electrons. The summed E-state index contributed by atoms with van der Waals surface area (Å²) in [5.41, 5.74) is 4.18. The van der Waals surface area contributed by atoms with E-state index in [0.29, 0.717) is 6.54 Å². The summed E-state index contributed by atoms with van der Waals surface area (Å²) in [4.78, 5) is 12.1. The van der Waals surface area contributed by atoms with Gasteiger partial charge in [0.05, 0.1) is 6.54 Å². The quantitative estimate of drug-likeness (QED) is 0.820. The number of hydrogen-bond acceptors (Lipinski definition) is 2. The maximum Gasteiger partial charge on any atom is 0.179 e. The van der Waals surface area contributed by atoms with Crippen LogP contribution in [0.1, 0.15) is 21.6 Å². The van der Waals surface area contributed by atoms with E-state index in [0.717, 1.165) is 22.2 Å². The van der Waals surface area contributed by atoms with Crippen LogP contribution in [0.15, 0.2) is 18.2 Å². The van der Waals surface area contributed by atoms with E-state index in [1.807, 2.05) is 20.9 Å². The largest absolute Gasteiger partial charge is 0.347 e. The normalized spacial score (nSPS) is 11.1. The third kappa shape index (κ3) is 1.87. The maximum atomic E-state index is 12.1. The molecule has 1 aromatic carbocycles. The summed E-state index contributed by atoms with van der Waals surface area (Å²) in [7, 11) is 3.80. The number of carbonyl (C=O) groups excluding carboxylic acids is 1. The third-order valence-corrected chi connectivity index (χ3v) is 3.26. The summed E-state index contributed by atoms with van der Waals surface area (Å²) in [5, 5.41) is 3.98. The van der Waals surface area contributed by atoms with Crippen LogP contribution in [0.5, 0.6) is 0 Å². The molecule has 3 nitrogen and oxygen atoms in total. The first-order chi connectivity index (χ1) is 8.06. The Kier molecular flexibility index (Phi) is 3.03. The number of benzene rings is 1.